The molecule has 1 aliphatic heterocycles. The summed E-state index contributed by atoms with van der Waals surface area (Å²) in [7, 11) is 0. The molecule has 0 radical (unpaired) electrons. The van der Waals surface area contributed by atoms with Crippen molar-refractivity contribution in [2.75, 3.05) is 13.1 Å². The maximum Gasteiger partial charge on any atom is 0.213 e. The van der Waals surface area contributed by atoms with Crippen molar-refractivity contribution < 1.29 is 4.74 Å². The van der Waals surface area contributed by atoms with Crippen molar-refractivity contribution in [2.45, 2.75) is 18.9 Å². The van der Waals surface area contributed by atoms with Gasteiger partial charge >= 0.3 is 0 Å². The molecule has 4 heteroatoms. The van der Waals surface area contributed by atoms with Crippen molar-refractivity contribution in [1.82, 2.24) is 10.3 Å². The fraction of sp³-hybridized carbons (Fsp3) is 0.294. The predicted octanol–water partition coefficient (Wildman–Crippen LogP) is 2.75. The Bertz CT molecular complexity index is 623. The van der Waals surface area contributed by atoms with Gasteiger partial charge in [0.05, 0.1) is 11.6 Å². The van der Waals surface area contributed by atoms with Gasteiger partial charge in [-0.3, -0.25) is 0 Å². The highest BCUT2D eigenvalue weighted by Crippen LogP contribution is 2.22. The molecule has 3 rings (SSSR count). The molecule has 0 atom stereocenters. The van der Waals surface area contributed by atoms with E-state index in [0.717, 1.165) is 37.1 Å². The zero-order chi connectivity index (χ0) is 14.5. The van der Waals surface area contributed by atoms with Gasteiger partial charge in [-0.1, -0.05) is 12.1 Å². The fourth-order valence-electron chi connectivity index (χ4n) is 2.44. The molecule has 1 fully saturated rings. The number of benzene rings is 1. The van der Waals surface area contributed by atoms with Crippen molar-refractivity contribution >= 4 is 0 Å². The van der Waals surface area contributed by atoms with Gasteiger partial charge in [0, 0.05) is 17.8 Å². The van der Waals surface area contributed by atoms with Gasteiger partial charge in [-0.15, -0.1) is 0 Å². The summed E-state index contributed by atoms with van der Waals surface area (Å²) in [5, 5.41) is 12.1. The van der Waals surface area contributed by atoms with Gasteiger partial charge in [-0.05, 0) is 49.7 Å². The summed E-state index contributed by atoms with van der Waals surface area (Å²) in [5.41, 5.74) is 2.74. The van der Waals surface area contributed by atoms with E-state index in [2.05, 4.69) is 16.4 Å². The zero-order valence-electron chi connectivity index (χ0n) is 11.7. The average Bonchev–Trinajstić information content (AvgIpc) is 2.57. The van der Waals surface area contributed by atoms with Crippen LogP contribution in [-0.4, -0.2) is 24.2 Å². The summed E-state index contributed by atoms with van der Waals surface area (Å²) in [4.78, 5) is 4.38. The second kappa shape index (κ2) is 6.38. The fourth-order valence-corrected chi connectivity index (χ4v) is 2.44. The molecule has 106 valence electrons. The van der Waals surface area contributed by atoms with E-state index in [1.807, 2.05) is 42.6 Å². The lowest BCUT2D eigenvalue weighted by Gasteiger charge is -2.23. The number of nitrogens with zero attached hydrogens (tertiary/aromatic N) is 2. The van der Waals surface area contributed by atoms with Crippen LogP contribution < -0.4 is 10.1 Å². The van der Waals surface area contributed by atoms with E-state index in [9.17, 15) is 0 Å². The first-order valence-corrected chi connectivity index (χ1v) is 7.19. The third-order valence-corrected chi connectivity index (χ3v) is 3.66. The molecule has 0 amide bonds. The topological polar surface area (TPSA) is 57.9 Å². The lowest BCUT2D eigenvalue weighted by atomic mass is 10.1. The predicted molar refractivity (Wildman–Crippen MR) is 80.9 cm³/mol. The molecule has 1 aromatic heterocycles. The Morgan fingerprint density at radius 3 is 2.38 bits per heavy atom. The van der Waals surface area contributed by atoms with E-state index in [4.69, 9.17) is 10.00 Å². The SMILES string of the molecule is N#Cc1ccc(-c2ccc(OC3CCNCC3)nc2)cc1. The van der Waals surface area contributed by atoms with E-state index in [1.54, 1.807) is 0 Å². The smallest absolute Gasteiger partial charge is 0.213 e. The minimum Gasteiger partial charge on any atom is -0.474 e. The van der Waals surface area contributed by atoms with Crippen molar-refractivity contribution in [1.29, 1.82) is 5.26 Å². The molecule has 0 spiro atoms. The maximum atomic E-state index is 8.81. The molecule has 4 nitrogen and oxygen atoms in total. The van der Waals surface area contributed by atoms with E-state index < -0.39 is 0 Å². The Labute approximate surface area is 124 Å². The summed E-state index contributed by atoms with van der Waals surface area (Å²) >= 11 is 0. The first-order chi connectivity index (χ1) is 10.3. The van der Waals surface area contributed by atoms with Crippen LogP contribution >= 0.6 is 0 Å². The van der Waals surface area contributed by atoms with Crippen LogP contribution in [0.3, 0.4) is 0 Å². The van der Waals surface area contributed by atoms with Crippen LogP contribution in [-0.2, 0) is 0 Å². The normalized spacial score (nSPS) is 15.4. The second-order valence-electron chi connectivity index (χ2n) is 5.14. The van der Waals surface area contributed by atoms with Gasteiger partial charge in [-0.25, -0.2) is 4.98 Å². The number of piperidine rings is 1. The Morgan fingerprint density at radius 1 is 1.05 bits per heavy atom. The Kier molecular flexibility index (Phi) is 4.13. The van der Waals surface area contributed by atoms with Gasteiger partial charge in [0.25, 0.3) is 0 Å². The highest BCUT2D eigenvalue weighted by molar-refractivity contribution is 5.63. The van der Waals surface area contributed by atoms with Crippen LogP contribution in [0.5, 0.6) is 5.88 Å². The largest absolute Gasteiger partial charge is 0.474 e. The molecule has 1 aliphatic rings. The molecule has 0 unspecified atom stereocenters. The van der Waals surface area contributed by atoms with Gasteiger partial charge in [0.15, 0.2) is 0 Å². The summed E-state index contributed by atoms with van der Waals surface area (Å²) in [6.45, 7) is 2.02. The van der Waals surface area contributed by atoms with Crippen molar-refractivity contribution in [3.8, 4) is 23.1 Å². The number of nitrogens with one attached hydrogen (secondary N) is 1. The average molecular weight is 279 g/mol. The van der Waals surface area contributed by atoms with Crippen LogP contribution in [0.1, 0.15) is 18.4 Å². The lowest BCUT2D eigenvalue weighted by molar-refractivity contribution is 0.156. The van der Waals surface area contributed by atoms with Crippen LogP contribution in [0, 0.1) is 11.3 Å². The van der Waals surface area contributed by atoms with Crippen LogP contribution in [0.25, 0.3) is 11.1 Å². The highest BCUT2D eigenvalue weighted by Gasteiger charge is 2.14. The van der Waals surface area contributed by atoms with Gasteiger partial charge < -0.3 is 10.1 Å². The summed E-state index contributed by atoms with van der Waals surface area (Å²) in [5.74, 6) is 0.680. The third-order valence-electron chi connectivity index (χ3n) is 3.66. The van der Waals surface area contributed by atoms with E-state index in [1.165, 1.54) is 0 Å². The molecule has 1 N–H and O–H groups in total. The summed E-state index contributed by atoms with van der Waals surface area (Å²) < 4.78 is 5.89. The zero-order valence-corrected chi connectivity index (χ0v) is 11.7. The first kappa shape index (κ1) is 13.6. The molecule has 21 heavy (non-hydrogen) atoms. The Balaban J connectivity index is 1.69. The van der Waals surface area contributed by atoms with Gasteiger partial charge in [0.2, 0.25) is 5.88 Å². The van der Waals surface area contributed by atoms with E-state index in [0.29, 0.717) is 11.4 Å². The standard InChI is InChI=1S/C17H17N3O/c18-11-13-1-3-14(4-2-13)15-5-6-17(20-12-15)21-16-7-9-19-10-8-16/h1-6,12,16,19H,7-10H2. The van der Waals surface area contributed by atoms with Crippen LogP contribution in [0.4, 0.5) is 0 Å². The molecule has 0 saturated carbocycles. The number of hydrogen-bond acceptors (Lipinski definition) is 4. The minimum atomic E-state index is 0.263. The Morgan fingerprint density at radius 2 is 1.76 bits per heavy atom. The molecular weight excluding hydrogens is 262 g/mol. The number of ether oxygens (including phenoxy) is 1. The summed E-state index contributed by atoms with van der Waals surface area (Å²) in [6.07, 6.45) is 4.13. The molecule has 1 aromatic carbocycles. The van der Waals surface area contributed by atoms with Crippen molar-refractivity contribution in [2.24, 2.45) is 0 Å². The van der Waals surface area contributed by atoms with Crippen molar-refractivity contribution in [3.05, 3.63) is 48.2 Å². The Hall–Kier alpha value is -2.38. The van der Waals surface area contributed by atoms with Gasteiger partial charge in [-0.2, -0.15) is 5.26 Å². The highest BCUT2D eigenvalue weighted by atomic mass is 16.5. The third kappa shape index (κ3) is 3.39. The molecule has 2 heterocycles. The monoisotopic (exact) mass is 279 g/mol. The van der Waals surface area contributed by atoms with Crippen molar-refractivity contribution in [3.63, 3.8) is 0 Å². The molecule has 0 bridgehead atoms. The number of nitriles is 1. The van der Waals surface area contributed by atoms with Gasteiger partial charge in [0.1, 0.15) is 6.10 Å². The summed E-state index contributed by atoms with van der Waals surface area (Å²) in [6, 6.07) is 13.5. The minimum absolute atomic E-state index is 0.263. The number of aromatic nitrogens is 1. The quantitative estimate of drug-likeness (QED) is 0.938. The molecule has 0 aliphatic carbocycles. The van der Waals surface area contributed by atoms with E-state index in [-0.39, 0.29) is 6.10 Å². The maximum absolute atomic E-state index is 8.81. The van der Waals surface area contributed by atoms with E-state index >= 15 is 0 Å². The second-order valence-corrected chi connectivity index (χ2v) is 5.14. The van der Waals surface area contributed by atoms with Crippen LogP contribution in [0.15, 0.2) is 42.6 Å². The lowest BCUT2D eigenvalue weighted by Crippen LogP contribution is -2.34. The molecule has 2 aromatic rings. The molecule has 1 saturated heterocycles. The molecular formula is C17H17N3O. The number of rotatable bonds is 3. The number of hydrogen-bond donors (Lipinski definition) is 1. The number of pyridine rings is 1. The van der Waals surface area contributed by atoms with Crippen LogP contribution in [0.2, 0.25) is 0 Å². The first-order valence-electron chi connectivity index (χ1n) is 7.19.